The number of benzene rings is 2. The van der Waals surface area contributed by atoms with Gasteiger partial charge in [-0.15, -0.1) is 0 Å². The third-order valence-electron chi connectivity index (χ3n) is 4.79. The number of rotatable bonds is 4. The Morgan fingerprint density at radius 1 is 1.25 bits per heavy atom. The summed E-state index contributed by atoms with van der Waals surface area (Å²) >= 11 is 6.00. The van der Waals surface area contributed by atoms with Gasteiger partial charge in [0.2, 0.25) is 0 Å². The Morgan fingerprint density at radius 2 is 2.00 bits per heavy atom. The van der Waals surface area contributed by atoms with E-state index in [0.29, 0.717) is 22.8 Å². The molecule has 28 heavy (non-hydrogen) atoms. The molecule has 4 rings (SSSR count). The Kier molecular flexibility index (Phi) is 4.88. The van der Waals surface area contributed by atoms with Crippen molar-refractivity contribution < 1.29 is 14.3 Å². The Hall–Kier alpha value is -3.12. The van der Waals surface area contributed by atoms with Crippen LogP contribution in [0.25, 0.3) is 0 Å². The zero-order chi connectivity index (χ0) is 19.7. The number of amides is 1. The maximum absolute atomic E-state index is 13.0. The van der Waals surface area contributed by atoms with E-state index in [9.17, 15) is 9.59 Å². The van der Waals surface area contributed by atoms with Crippen molar-refractivity contribution in [2.45, 2.75) is 18.6 Å². The number of hydrogen-bond acceptors (Lipinski definition) is 4. The fraction of sp³-hybridized carbons (Fsp3) is 0.190. The lowest BCUT2D eigenvalue weighted by Gasteiger charge is -2.26. The highest BCUT2D eigenvalue weighted by Crippen LogP contribution is 2.25. The first-order chi connectivity index (χ1) is 13.5. The van der Waals surface area contributed by atoms with Crippen molar-refractivity contribution in [1.29, 1.82) is 0 Å². The number of carbonyl (C=O) groups excluding carboxylic acids is 2. The van der Waals surface area contributed by atoms with E-state index in [0.717, 1.165) is 11.1 Å². The Balaban J connectivity index is 1.60. The lowest BCUT2D eigenvalue weighted by molar-refractivity contribution is -0.130. The van der Waals surface area contributed by atoms with Crippen LogP contribution in [0.3, 0.4) is 0 Å². The number of hydrogen-bond donors (Lipinski definition) is 1. The van der Waals surface area contributed by atoms with Crippen molar-refractivity contribution in [2.24, 2.45) is 7.05 Å². The zero-order valence-electron chi connectivity index (χ0n) is 15.1. The molecule has 1 amide bonds. The van der Waals surface area contributed by atoms with Crippen LogP contribution >= 0.6 is 11.6 Å². The summed E-state index contributed by atoms with van der Waals surface area (Å²) in [7, 11) is 1.86. The Bertz CT molecular complexity index is 1030. The van der Waals surface area contributed by atoms with Crippen LogP contribution in [-0.2, 0) is 23.0 Å². The molecule has 0 bridgehead atoms. The van der Waals surface area contributed by atoms with Crippen molar-refractivity contribution >= 4 is 23.5 Å². The number of aromatic nitrogens is 2. The molecule has 7 heteroatoms. The molecular formula is C21H18ClN3O3. The van der Waals surface area contributed by atoms with E-state index in [1.165, 1.54) is 0 Å². The molecule has 1 aliphatic heterocycles. The number of nitrogens with one attached hydrogen (secondary N) is 1. The fourth-order valence-electron chi connectivity index (χ4n) is 3.32. The standard InChI is InChI=1S/C21H18ClN3O3/c1-25-11-10-23-19(25)18(13-6-8-15(22)9-7-13)24-20(26)17-12-14-4-2-3-5-16(14)21(27)28-17/h2-11,17-18H,12H2,1H3,(H,24,26). The summed E-state index contributed by atoms with van der Waals surface area (Å²) in [6.45, 7) is 0. The minimum Gasteiger partial charge on any atom is -0.448 e. The minimum atomic E-state index is -0.891. The van der Waals surface area contributed by atoms with Crippen LogP contribution in [0.2, 0.25) is 5.02 Å². The highest BCUT2D eigenvalue weighted by atomic mass is 35.5. The molecule has 1 N–H and O–H groups in total. The number of aryl methyl sites for hydroxylation is 1. The van der Waals surface area contributed by atoms with Crippen LogP contribution in [0.15, 0.2) is 60.9 Å². The predicted molar refractivity (Wildman–Crippen MR) is 104 cm³/mol. The van der Waals surface area contributed by atoms with Gasteiger partial charge in [0.05, 0.1) is 5.56 Å². The van der Waals surface area contributed by atoms with Crippen molar-refractivity contribution in [1.82, 2.24) is 14.9 Å². The summed E-state index contributed by atoms with van der Waals surface area (Å²) in [4.78, 5) is 29.6. The van der Waals surface area contributed by atoms with Gasteiger partial charge in [-0.3, -0.25) is 4.79 Å². The van der Waals surface area contributed by atoms with E-state index in [1.54, 1.807) is 36.7 Å². The molecule has 0 radical (unpaired) electrons. The summed E-state index contributed by atoms with van der Waals surface area (Å²) in [6, 6.07) is 13.9. The summed E-state index contributed by atoms with van der Waals surface area (Å²) < 4.78 is 7.21. The highest BCUT2D eigenvalue weighted by molar-refractivity contribution is 6.30. The maximum atomic E-state index is 13.0. The van der Waals surface area contributed by atoms with Crippen LogP contribution in [-0.4, -0.2) is 27.5 Å². The minimum absolute atomic E-state index is 0.335. The summed E-state index contributed by atoms with van der Waals surface area (Å²) in [5.41, 5.74) is 2.14. The second kappa shape index (κ2) is 7.48. The molecule has 0 saturated heterocycles. The number of imidazole rings is 1. The quantitative estimate of drug-likeness (QED) is 0.689. The van der Waals surface area contributed by atoms with Gasteiger partial charge in [-0.1, -0.05) is 41.9 Å². The number of halogens is 1. The molecule has 1 aliphatic rings. The van der Waals surface area contributed by atoms with Crippen molar-refractivity contribution in [3.8, 4) is 0 Å². The van der Waals surface area contributed by atoms with Crippen LogP contribution in [0.1, 0.15) is 33.4 Å². The monoisotopic (exact) mass is 395 g/mol. The van der Waals surface area contributed by atoms with Gasteiger partial charge in [0, 0.05) is 30.9 Å². The molecule has 2 aromatic carbocycles. The van der Waals surface area contributed by atoms with Gasteiger partial charge in [-0.05, 0) is 29.3 Å². The first-order valence-corrected chi connectivity index (χ1v) is 9.22. The molecule has 2 atom stereocenters. The van der Waals surface area contributed by atoms with Gasteiger partial charge < -0.3 is 14.6 Å². The molecule has 2 unspecified atom stereocenters. The molecule has 1 aromatic heterocycles. The number of ether oxygens (including phenoxy) is 1. The van der Waals surface area contributed by atoms with Crippen molar-refractivity contribution in [3.05, 3.63) is 88.5 Å². The molecule has 0 aliphatic carbocycles. The number of nitrogens with zero attached hydrogens (tertiary/aromatic N) is 2. The lowest BCUT2D eigenvalue weighted by atomic mass is 9.97. The first kappa shape index (κ1) is 18.3. The van der Waals surface area contributed by atoms with Crippen molar-refractivity contribution in [2.75, 3.05) is 0 Å². The Labute approximate surface area is 167 Å². The summed E-state index contributed by atoms with van der Waals surface area (Å²) in [5, 5.41) is 3.58. The highest BCUT2D eigenvalue weighted by Gasteiger charge is 2.33. The largest absolute Gasteiger partial charge is 0.448 e. The number of esters is 1. The summed E-state index contributed by atoms with van der Waals surface area (Å²) in [6.07, 6.45) is 2.92. The number of fused-ring (bicyclic) bond motifs is 1. The SMILES string of the molecule is Cn1ccnc1C(NC(=O)C1Cc2ccccc2C(=O)O1)c1ccc(Cl)cc1. The van der Waals surface area contributed by atoms with E-state index in [4.69, 9.17) is 16.3 Å². The molecule has 2 heterocycles. The molecule has 6 nitrogen and oxygen atoms in total. The fourth-order valence-corrected chi connectivity index (χ4v) is 3.45. The second-order valence-electron chi connectivity index (χ2n) is 6.64. The molecule has 0 saturated carbocycles. The van der Waals surface area contributed by atoms with Crippen LogP contribution in [0.4, 0.5) is 0 Å². The average Bonchev–Trinajstić information content (AvgIpc) is 3.12. The van der Waals surface area contributed by atoms with Crippen LogP contribution < -0.4 is 5.32 Å². The second-order valence-corrected chi connectivity index (χ2v) is 7.08. The van der Waals surface area contributed by atoms with E-state index < -0.39 is 18.1 Å². The summed E-state index contributed by atoms with van der Waals surface area (Å²) in [5.74, 6) is -0.189. The smallest absolute Gasteiger partial charge is 0.339 e. The molecular weight excluding hydrogens is 378 g/mol. The van der Waals surface area contributed by atoms with Gasteiger partial charge in [-0.2, -0.15) is 0 Å². The van der Waals surface area contributed by atoms with E-state index in [2.05, 4.69) is 10.3 Å². The van der Waals surface area contributed by atoms with E-state index in [-0.39, 0.29) is 5.91 Å². The van der Waals surface area contributed by atoms with Crippen LogP contribution in [0.5, 0.6) is 0 Å². The molecule has 3 aromatic rings. The molecule has 142 valence electrons. The topological polar surface area (TPSA) is 73.2 Å². The first-order valence-electron chi connectivity index (χ1n) is 8.85. The van der Waals surface area contributed by atoms with E-state index >= 15 is 0 Å². The van der Waals surface area contributed by atoms with Gasteiger partial charge >= 0.3 is 5.97 Å². The predicted octanol–water partition coefficient (Wildman–Crippen LogP) is 3.06. The number of cyclic esters (lactones) is 1. The third-order valence-corrected chi connectivity index (χ3v) is 5.04. The van der Waals surface area contributed by atoms with Gasteiger partial charge in [0.25, 0.3) is 5.91 Å². The van der Waals surface area contributed by atoms with Gasteiger partial charge in [-0.25, -0.2) is 9.78 Å². The number of carbonyl (C=O) groups is 2. The normalized spacial score (nSPS) is 16.8. The Morgan fingerprint density at radius 3 is 2.71 bits per heavy atom. The van der Waals surface area contributed by atoms with Gasteiger partial charge in [0.1, 0.15) is 11.9 Å². The van der Waals surface area contributed by atoms with E-state index in [1.807, 2.05) is 35.9 Å². The molecule has 0 spiro atoms. The molecule has 0 fully saturated rings. The van der Waals surface area contributed by atoms with Gasteiger partial charge in [0.15, 0.2) is 6.10 Å². The lowest BCUT2D eigenvalue weighted by Crippen LogP contribution is -2.43. The third kappa shape index (κ3) is 3.51. The van der Waals surface area contributed by atoms with Crippen molar-refractivity contribution in [3.63, 3.8) is 0 Å². The zero-order valence-corrected chi connectivity index (χ0v) is 15.9. The maximum Gasteiger partial charge on any atom is 0.339 e. The van der Waals surface area contributed by atoms with Crippen LogP contribution in [0, 0.1) is 0 Å². The average molecular weight is 396 g/mol.